The summed E-state index contributed by atoms with van der Waals surface area (Å²) in [5, 5.41) is 0. The number of hydrogen-bond donors (Lipinski definition) is 0. The second-order valence-electron chi connectivity index (χ2n) is 9.02. The Morgan fingerprint density at radius 2 is 1.81 bits per heavy atom. The van der Waals surface area contributed by atoms with Crippen molar-refractivity contribution in [3.8, 4) is 5.75 Å². The molecule has 1 saturated heterocycles. The maximum Gasteiger partial charge on any atom is 0.134 e. The molecule has 3 heteroatoms. The third-order valence-electron chi connectivity index (χ3n) is 6.73. The number of rotatable bonds is 11. The van der Waals surface area contributed by atoms with E-state index < -0.39 is 0 Å². The van der Waals surface area contributed by atoms with Gasteiger partial charge < -0.3 is 9.53 Å². The third-order valence-corrected chi connectivity index (χ3v) is 6.73. The lowest BCUT2D eigenvalue weighted by Gasteiger charge is -2.22. The van der Waals surface area contributed by atoms with Crippen LogP contribution in [-0.4, -0.2) is 30.9 Å². The van der Waals surface area contributed by atoms with Gasteiger partial charge in [-0.15, -0.1) is 0 Å². The molecule has 1 aliphatic rings. The molecule has 3 rings (SSSR count). The first-order valence-corrected chi connectivity index (χ1v) is 12.1. The van der Waals surface area contributed by atoms with E-state index in [-0.39, 0.29) is 0 Å². The van der Waals surface area contributed by atoms with Crippen molar-refractivity contribution >= 4 is 6.29 Å². The zero-order chi connectivity index (χ0) is 22.2. The van der Waals surface area contributed by atoms with Gasteiger partial charge in [0.15, 0.2) is 0 Å². The second kappa shape index (κ2) is 11.5. The summed E-state index contributed by atoms with van der Waals surface area (Å²) in [4.78, 5) is 13.7. The van der Waals surface area contributed by atoms with Crippen LogP contribution in [0.25, 0.3) is 0 Å². The van der Waals surface area contributed by atoms with Crippen molar-refractivity contribution < 1.29 is 9.53 Å². The molecule has 0 radical (unpaired) electrons. The van der Waals surface area contributed by atoms with Gasteiger partial charge >= 0.3 is 0 Å². The molecule has 168 valence electrons. The monoisotopic (exact) mass is 421 g/mol. The van der Waals surface area contributed by atoms with Crippen LogP contribution in [0.3, 0.4) is 0 Å². The molecular formula is C28H39NO2. The zero-order valence-electron chi connectivity index (χ0n) is 19.8. The Morgan fingerprint density at radius 3 is 2.45 bits per heavy atom. The van der Waals surface area contributed by atoms with Gasteiger partial charge in [-0.2, -0.15) is 0 Å². The Morgan fingerprint density at radius 1 is 1.06 bits per heavy atom. The highest BCUT2D eigenvalue weighted by Gasteiger charge is 2.34. The average molecular weight is 422 g/mol. The predicted molar refractivity (Wildman–Crippen MR) is 129 cm³/mol. The van der Waals surface area contributed by atoms with Crippen LogP contribution in [0.5, 0.6) is 5.75 Å². The van der Waals surface area contributed by atoms with Gasteiger partial charge in [0.2, 0.25) is 0 Å². The molecule has 0 spiro atoms. The minimum absolute atomic E-state index is 0.292. The normalized spacial score (nSPS) is 20.0. The smallest absolute Gasteiger partial charge is 0.134 e. The lowest BCUT2D eigenvalue weighted by Crippen LogP contribution is -2.25. The maximum absolute atomic E-state index is 11.4. The highest BCUT2D eigenvalue weighted by Crippen LogP contribution is 2.42. The van der Waals surface area contributed by atoms with Crippen molar-refractivity contribution in [2.24, 2.45) is 0 Å². The average Bonchev–Trinajstić information content (AvgIpc) is 3.22. The van der Waals surface area contributed by atoms with E-state index in [4.69, 9.17) is 4.74 Å². The summed E-state index contributed by atoms with van der Waals surface area (Å²) in [6.07, 6.45) is 6.48. The number of likely N-dealkylation sites (tertiary alicyclic amines) is 1. The molecule has 2 aromatic carbocycles. The lowest BCUT2D eigenvalue weighted by molar-refractivity contribution is -0.109. The van der Waals surface area contributed by atoms with Crippen molar-refractivity contribution in [3.05, 3.63) is 64.7 Å². The lowest BCUT2D eigenvalue weighted by atomic mass is 9.90. The van der Waals surface area contributed by atoms with Crippen molar-refractivity contribution in [1.82, 2.24) is 4.90 Å². The van der Waals surface area contributed by atoms with E-state index in [2.05, 4.69) is 75.1 Å². The first-order valence-electron chi connectivity index (χ1n) is 12.1. The molecule has 2 aromatic rings. The van der Waals surface area contributed by atoms with E-state index in [9.17, 15) is 4.79 Å². The van der Waals surface area contributed by atoms with Gasteiger partial charge in [0.25, 0.3) is 0 Å². The van der Waals surface area contributed by atoms with Crippen LogP contribution in [-0.2, 0) is 11.2 Å². The Bertz CT molecular complexity index is 829. The SMILES string of the molecule is CCCOc1cc([C@@H]2C[C@H](c3ccc(CCC)cc3)N(CC=O)C2)ccc1C(C)CC. The number of benzene rings is 2. The fourth-order valence-electron chi connectivity index (χ4n) is 4.75. The fraction of sp³-hybridized carbons (Fsp3) is 0.536. The zero-order valence-corrected chi connectivity index (χ0v) is 19.8. The highest BCUT2D eigenvalue weighted by atomic mass is 16.5. The van der Waals surface area contributed by atoms with E-state index in [1.165, 1.54) is 22.3 Å². The highest BCUT2D eigenvalue weighted by molar-refractivity contribution is 5.52. The van der Waals surface area contributed by atoms with E-state index in [0.717, 1.165) is 57.3 Å². The van der Waals surface area contributed by atoms with Crippen molar-refractivity contribution in [2.45, 2.75) is 77.7 Å². The Labute approximate surface area is 188 Å². The molecule has 0 saturated carbocycles. The summed E-state index contributed by atoms with van der Waals surface area (Å²) in [5.74, 6) is 1.95. The Hall–Kier alpha value is -2.13. The fourth-order valence-corrected chi connectivity index (χ4v) is 4.75. The number of carbonyl (C=O) groups excluding carboxylic acids is 1. The van der Waals surface area contributed by atoms with E-state index in [0.29, 0.717) is 24.4 Å². The molecule has 1 fully saturated rings. The molecule has 1 heterocycles. The molecule has 0 aliphatic carbocycles. The van der Waals surface area contributed by atoms with Gasteiger partial charge in [0, 0.05) is 12.6 Å². The number of nitrogens with zero attached hydrogens (tertiary/aromatic N) is 1. The molecule has 0 amide bonds. The summed E-state index contributed by atoms with van der Waals surface area (Å²) in [6, 6.07) is 16.1. The molecule has 0 N–H and O–H groups in total. The van der Waals surface area contributed by atoms with Crippen molar-refractivity contribution in [1.29, 1.82) is 0 Å². The van der Waals surface area contributed by atoms with Crippen LogP contribution < -0.4 is 4.74 Å². The molecule has 31 heavy (non-hydrogen) atoms. The van der Waals surface area contributed by atoms with Gasteiger partial charge in [-0.05, 0) is 65.8 Å². The molecule has 0 bridgehead atoms. The standard InChI is InChI=1S/C28H39NO2/c1-5-8-22-9-11-23(12-10-22)27-18-25(20-29(27)15-16-30)24-13-14-26(21(4)7-3)28(19-24)31-17-6-2/h9-14,16,19,21,25,27H,5-8,15,17-18,20H2,1-4H3/t21?,25-,27-/m1/s1. The van der Waals surface area contributed by atoms with Gasteiger partial charge in [-0.25, -0.2) is 0 Å². The number of aryl methyl sites for hydroxylation is 1. The van der Waals surface area contributed by atoms with Crippen LogP contribution in [0.15, 0.2) is 42.5 Å². The van der Waals surface area contributed by atoms with E-state index >= 15 is 0 Å². The van der Waals surface area contributed by atoms with Crippen LogP contribution in [0.4, 0.5) is 0 Å². The number of aldehydes is 1. The quantitative estimate of drug-likeness (QED) is 0.379. The largest absolute Gasteiger partial charge is 0.493 e. The maximum atomic E-state index is 11.4. The summed E-state index contributed by atoms with van der Waals surface area (Å²) < 4.78 is 6.16. The van der Waals surface area contributed by atoms with Gasteiger partial charge in [0.1, 0.15) is 12.0 Å². The summed E-state index contributed by atoms with van der Waals surface area (Å²) in [7, 11) is 0. The number of ether oxygens (including phenoxy) is 1. The number of hydrogen-bond acceptors (Lipinski definition) is 3. The molecule has 0 aromatic heterocycles. The first kappa shape index (κ1) is 23.5. The topological polar surface area (TPSA) is 29.5 Å². The Kier molecular flexibility index (Phi) is 8.71. The van der Waals surface area contributed by atoms with E-state index in [1.54, 1.807) is 0 Å². The van der Waals surface area contributed by atoms with E-state index in [1.807, 2.05) is 0 Å². The number of carbonyl (C=O) groups is 1. The van der Waals surface area contributed by atoms with Gasteiger partial charge in [-0.3, -0.25) is 4.90 Å². The molecular weight excluding hydrogens is 382 g/mol. The second-order valence-corrected chi connectivity index (χ2v) is 9.02. The minimum atomic E-state index is 0.292. The van der Waals surface area contributed by atoms with Crippen LogP contribution in [0.1, 0.15) is 93.5 Å². The van der Waals surface area contributed by atoms with Crippen LogP contribution in [0.2, 0.25) is 0 Å². The molecule has 1 unspecified atom stereocenters. The van der Waals surface area contributed by atoms with Crippen LogP contribution in [0, 0.1) is 0 Å². The predicted octanol–water partition coefficient (Wildman–Crippen LogP) is 6.67. The molecule has 3 nitrogen and oxygen atoms in total. The van der Waals surface area contributed by atoms with Crippen LogP contribution >= 0.6 is 0 Å². The summed E-state index contributed by atoms with van der Waals surface area (Å²) in [6.45, 7) is 11.0. The summed E-state index contributed by atoms with van der Waals surface area (Å²) >= 11 is 0. The van der Waals surface area contributed by atoms with Crippen molar-refractivity contribution in [3.63, 3.8) is 0 Å². The minimum Gasteiger partial charge on any atom is -0.493 e. The Balaban J connectivity index is 1.84. The third kappa shape index (κ3) is 5.77. The van der Waals surface area contributed by atoms with Gasteiger partial charge in [0.05, 0.1) is 13.2 Å². The van der Waals surface area contributed by atoms with Gasteiger partial charge in [-0.1, -0.05) is 70.5 Å². The molecule has 1 aliphatic heterocycles. The summed E-state index contributed by atoms with van der Waals surface area (Å²) in [5.41, 5.74) is 5.36. The molecule has 3 atom stereocenters. The van der Waals surface area contributed by atoms with Crippen molar-refractivity contribution in [2.75, 3.05) is 19.7 Å². The first-order chi connectivity index (χ1) is 15.1.